The van der Waals surface area contributed by atoms with Crippen LogP contribution in [0.15, 0.2) is 0 Å². The van der Waals surface area contributed by atoms with Gasteiger partial charge < -0.3 is 5.32 Å². The zero-order chi connectivity index (χ0) is 12.6. The Bertz CT molecular complexity index is 209. The zero-order valence-corrected chi connectivity index (χ0v) is 10.8. The number of carbonyl (C=O) groups excluding carboxylic acids is 1. The van der Waals surface area contributed by atoms with Crippen molar-refractivity contribution in [1.82, 2.24) is 5.32 Å². The van der Waals surface area contributed by atoms with Gasteiger partial charge in [-0.05, 0) is 18.8 Å². The second-order valence-corrected chi connectivity index (χ2v) is 4.51. The van der Waals surface area contributed by atoms with Gasteiger partial charge in [0.2, 0.25) is 5.91 Å². The molecule has 0 radical (unpaired) electrons. The van der Waals surface area contributed by atoms with Crippen LogP contribution in [0.25, 0.3) is 0 Å². The first-order chi connectivity index (χ1) is 7.35. The van der Waals surface area contributed by atoms with Crippen LogP contribution in [0.3, 0.4) is 0 Å². The van der Waals surface area contributed by atoms with Crippen LogP contribution in [-0.4, -0.2) is 24.0 Å². The van der Waals surface area contributed by atoms with Crippen LogP contribution in [0, 0.1) is 5.92 Å². The van der Waals surface area contributed by atoms with Gasteiger partial charge in [-0.15, -0.1) is 0 Å². The summed E-state index contributed by atoms with van der Waals surface area (Å²) < 4.78 is 35.3. The molecule has 1 N–H and O–H groups in total. The first-order valence-corrected chi connectivity index (χ1v) is 6.36. The molecule has 0 aromatic heterocycles. The molecule has 0 spiro atoms. The second kappa shape index (κ2) is 7.92. The SMILES string of the molecule is CC(CBr)CCCNC(=O)CCC(F)(F)F. The van der Waals surface area contributed by atoms with Gasteiger partial charge >= 0.3 is 6.18 Å². The van der Waals surface area contributed by atoms with Crippen molar-refractivity contribution in [2.75, 3.05) is 11.9 Å². The average molecular weight is 304 g/mol. The molecule has 0 heterocycles. The summed E-state index contributed by atoms with van der Waals surface area (Å²) in [5, 5.41) is 3.38. The highest BCUT2D eigenvalue weighted by atomic mass is 79.9. The van der Waals surface area contributed by atoms with Gasteiger partial charge in [0.1, 0.15) is 0 Å². The fourth-order valence-corrected chi connectivity index (χ4v) is 1.42. The summed E-state index contributed by atoms with van der Waals surface area (Å²) in [6.07, 6.45) is -4.02. The molecule has 0 saturated heterocycles. The molecule has 1 amide bonds. The summed E-state index contributed by atoms with van der Waals surface area (Å²) >= 11 is 3.33. The molecule has 1 atom stereocenters. The molecule has 96 valence electrons. The van der Waals surface area contributed by atoms with E-state index in [0.717, 1.165) is 18.2 Å². The fourth-order valence-electron chi connectivity index (χ4n) is 1.10. The van der Waals surface area contributed by atoms with Crippen molar-refractivity contribution in [2.45, 2.75) is 38.8 Å². The van der Waals surface area contributed by atoms with E-state index in [0.29, 0.717) is 12.5 Å². The van der Waals surface area contributed by atoms with E-state index in [1.165, 1.54) is 0 Å². The zero-order valence-electron chi connectivity index (χ0n) is 9.24. The summed E-state index contributed by atoms with van der Waals surface area (Å²) in [4.78, 5) is 11.0. The lowest BCUT2D eigenvalue weighted by Crippen LogP contribution is -2.26. The van der Waals surface area contributed by atoms with Crippen molar-refractivity contribution in [2.24, 2.45) is 5.92 Å². The van der Waals surface area contributed by atoms with E-state index in [-0.39, 0.29) is 0 Å². The summed E-state index contributed by atoms with van der Waals surface area (Å²) in [6.45, 7) is 2.52. The molecule has 0 aliphatic rings. The molecule has 0 aromatic rings. The Morgan fingerprint density at radius 1 is 1.44 bits per heavy atom. The van der Waals surface area contributed by atoms with Crippen molar-refractivity contribution in [1.29, 1.82) is 0 Å². The molecular weight excluding hydrogens is 287 g/mol. The van der Waals surface area contributed by atoms with Crippen LogP contribution in [-0.2, 0) is 4.79 Å². The molecule has 0 fully saturated rings. The molecule has 0 bridgehead atoms. The molecule has 2 nitrogen and oxygen atoms in total. The number of halogens is 4. The third-order valence-electron chi connectivity index (χ3n) is 2.09. The van der Waals surface area contributed by atoms with Gasteiger partial charge in [-0.25, -0.2) is 0 Å². The first kappa shape index (κ1) is 15.7. The first-order valence-electron chi connectivity index (χ1n) is 5.24. The van der Waals surface area contributed by atoms with Crippen LogP contribution in [0.1, 0.15) is 32.6 Å². The molecule has 0 rings (SSSR count). The minimum atomic E-state index is -4.25. The van der Waals surface area contributed by atoms with Gasteiger partial charge in [0.15, 0.2) is 0 Å². The second-order valence-electron chi connectivity index (χ2n) is 3.87. The third-order valence-corrected chi connectivity index (χ3v) is 3.20. The number of hydrogen-bond donors (Lipinski definition) is 1. The minimum Gasteiger partial charge on any atom is -0.356 e. The lowest BCUT2D eigenvalue weighted by Gasteiger charge is -2.09. The van der Waals surface area contributed by atoms with Gasteiger partial charge in [-0.2, -0.15) is 13.2 Å². The highest BCUT2D eigenvalue weighted by Gasteiger charge is 2.27. The summed E-state index contributed by atoms with van der Waals surface area (Å²) in [5.41, 5.74) is 0. The maximum Gasteiger partial charge on any atom is 0.389 e. The van der Waals surface area contributed by atoms with Gasteiger partial charge in [0.25, 0.3) is 0 Å². The van der Waals surface area contributed by atoms with E-state index in [1.54, 1.807) is 0 Å². The fraction of sp³-hybridized carbons (Fsp3) is 0.900. The van der Waals surface area contributed by atoms with Gasteiger partial charge in [-0.3, -0.25) is 4.79 Å². The van der Waals surface area contributed by atoms with E-state index in [2.05, 4.69) is 28.2 Å². The van der Waals surface area contributed by atoms with E-state index < -0.39 is 24.9 Å². The number of carbonyl (C=O) groups is 1. The highest BCUT2D eigenvalue weighted by molar-refractivity contribution is 9.09. The molecule has 6 heteroatoms. The smallest absolute Gasteiger partial charge is 0.356 e. The quantitative estimate of drug-likeness (QED) is 0.568. The highest BCUT2D eigenvalue weighted by Crippen LogP contribution is 2.20. The lowest BCUT2D eigenvalue weighted by molar-refractivity contribution is -0.144. The Morgan fingerprint density at radius 2 is 2.06 bits per heavy atom. The van der Waals surface area contributed by atoms with Crippen molar-refractivity contribution in [3.8, 4) is 0 Å². The molecule has 0 aliphatic heterocycles. The topological polar surface area (TPSA) is 29.1 Å². The van der Waals surface area contributed by atoms with Crippen LogP contribution in [0.2, 0.25) is 0 Å². The maximum absolute atomic E-state index is 11.8. The van der Waals surface area contributed by atoms with Crippen molar-refractivity contribution >= 4 is 21.8 Å². The van der Waals surface area contributed by atoms with Gasteiger partial charge in [0.05, 0.1) is 6.42 Å². The Labute approximate surface area is 102 Å². The molecule has 0 aromatic carbocycles. The Kier molecular flexibility index (Phi) is 7.80. The van der Waals surface area contributed by atoms with Gasteiger partial charge in [0, 0.05) is 18.3 Å². The number of hydrogen-bond acceptors (Lipinski definition) is 1. The number of alkyl halides is 4. The van der Waals surface area contributed by atoms with E-state index >= 15 is 0 Å². The summed E-state index contributed by atoms with van der Waals surface area (Å²) in [6, 6.07) is 0. The van der Waals surface area contributed by atoms with Crippen LogP contribution >= 0.6 is 15.9 Å². The maximum atomic E-state index is 11.8. The van der Waals surface area contributed by atoms with Crippen LogP contribution in [0.5, 0.6) is 0 Å². The van der Waals surface area contributed by atoms with Crippen molar-refractivity contribution in [3.05, 3.63) is 0 Å². The van der Waals surface area contributed by atoms with Crippen LogP contribution in [0.4, 0.5) is 13.2 Å². The standard InChI is InChI=1S/C10H17BrF3NO/c1-8(7-11)3-2-6-15-9(16)4-5-10(12,13)14/h8H,2-7H2,1H3,(H,15,16). The predicted molar refractivity (Wildman–Crippen MR) is 60.5 cm³/mol. The third kappa shape index (κ3) is 10.3. The van der Waals surface area contributed by atoms with Crippen LogP contribution < -0.4 is 5.32 Å². The van der Waals surface area contributed by atoms with E-state index in [1.807, 2.05) is 0 Å². The number of amides is 1. The number of rotatable bonds is 7. The lowest BCUT2D eigenvalue weighted by atomic mass is 10.1. The predicted octanol–water partition coefficient (Wildman–Crippen LogP) is 3.26. The number of nitrogens with one attached hydrogen (secondary N) is 1. The molecule has 0 aliphatic carbocycles. The normalized spacial score (nSPS) is 13.6. The van der Waals surface area contributed by atoms with E-state index in [4.69, 9.17) is 0 Å². The molecule has 16 heavy (non-hydrogen) atoms. The van der Waals surface area contributed by atoms with E-state index in [9.17, 15) is 18.0 Å². The average Bonchev–Trinajstić information content (AvgIpc) is 2.20. The molecule has 0 saturated carbocycles. The molecule has 1 unspecified atom stereocenters. The summed E-state index contributed by atoms with van der Waals surface area (Å²) in [7, 11) is 0. The molecular formula is C10H17BrF3NO. The Balaban J connectivity index is 3.45. The summed E-state index contributed by atoms with van der Waals surface area (Å²) in [5.74, 6) is -0.00380. The minimum absolute atomic E-state index is 0.452. The Morgan fingerprint density at radius 3 is 2.56 bits per heavy atom. The monoisotopic (exact) mass is 303 g/mol. The largest absolute Gasteiger partial charge is 0.389 e. The van der Waals surface area contributed by atoms with Crippen molar-refractivity contribution < 1.29 is 18.0 Å². The van der Waals surface area contributed by atoms with Gasteiger partial charge in [-0.1, -0.05) is 22.9 Å². The Hall–Kier alpha value is -0.260. The van der Waals surface area contributed by atoms with Crippen molar-refractivity contribution in [3.63, 3.8) is 0 Å².